The van der Waals surface area contributed by atoms with Crippen LogP contribution in [0, 0.1) is 11.8 Å². The molecule has 7 heteroatoms. The molecule has 1 aromatic rings. The second-order valence-electron chi connectivity index (χ2n) is 12.4. The number of amides is 3. The van der Waals surface area contributed by atoms with Gasteiger partial charge in [0.25, 0.3) is 0 Å². The minimum absolute atomic E-state index is 0.0427. The number of benzene rings is 1. The van der Waals surface area contributed by atoms with Gasteiger partial charge in [-0.1, -0.05) is 76.9 Å². The van der Waals surface area contributed by atoms with Crippen LogP contribution in [-0.2, 0) is 20.8 Å². The van der Waals surface area contributed by atoms with Crippen LogP contribution in [0.3, 0.4) is 0 Å². The highest BCUT2D eigenvalue weighted by molar-refractivity contribution is 5.93. The Morgan fingerprint density at radius 3 is 2.02 bits per heavy atom. The van der Waals surface area contributed by atoms with E-state index in [0.29, 0.717) is 17.9 Å². The fourth-order valence-electron chi connectivity index (χ4n) is 5.47. The molecule has 2 saturated heterocycles. The number of piperidine rings is 2. The molecule has 2 aliphatic rings. The molecule has 0 bridgehead atoms. The molecule has 7 nitrogen and oxygen atoms in total. The van der Waals surface area contributed by atoms with Gasteiger partial charge in [-0.25, -0.2) is 0 Å². The molecule has 1 aromatic carbocycles. The minimum Gasteiger partial charge on any atom is -0.350 e. The number of hydrogen-bond donors (Lipinski definition) is 1. The zero-order valence-corrected chi connectivity index (χ0v) is 27.9. The van der Waals surface area contributed by atoms with Gasteiger partial charge in [0, 0.05) is 31.8 Å². The van der Waals surface area contributed by atoms with Gasteiger partial charge in [0.1, 0.15) is 0 Å². The Bertz CT molecular complexity index is 917. The molecule has 1 atom stereocenters. The molecule has 0 saturated carbocycles. The lowest BCUT2D eigenvalue weighted by Crippen LogP contribution is -2.44. The summed E-state index contributed by atoms with van der Waals surface area (Å²) in [5, 5.41) is 2.40. The van der Waals surface area contributed by atoms with E-state index >= 15 is 0 Å². The van der Waals surface area contributed by atoms with E-state index in [9.17, 15) is 14.4 Å². The molecule has 0 spiro atoms. The Balaban J connectivity index is 0.000000611. The quantitative estimate of drug-likeness (QED) is 0.273. The molecule has 2 fully saturated rings. The number of nitrogens with one attached hydrogen (secondary N) is 1. The Labute approximate surface area is 257 Å². The first kappa shape index (κ1) is 37.4. The van der Waals surface area contributed by atoms with Crippen LogP contribution in [0.2, 0.25) is 0 Å². The molecule has 0 unspecified atom stereocenters. The zero-order chi connectivity index (χ0) is 31.5. The SMILES string of the molecule is C/C(=C\[C@H](C(C)C)N(C)C(=O)CNC=O)C(=O)N1CCC(Cc2ccccc2)CC1.CC(C)N1CCCCC1.CCC. The number of likely N-dealkylation sites (N-methyl/N-ethyl adjacent to an activating group) is 1. The van der Waals surface area contributed by atoms with E-state index in [1.165, 1.54) is 44.3 Å². The number of nitrogens with zero attached hydrogens (tertiary/aromatic N) is 3. The van der Waals surface area contributed by atoms with Crippen LogP contribution < -0.4 is 5.32 Å². The molecule has 3 amide bonds. The van der Waals surface area contributed by atoms with Crippen molar-refractivity contribution in [2.75, 3.05) is 39.8 Å². The standard InChI is InChI=1S/C24H35N3O3.C8H17N.C3H8/c1-18(2)22(26(4)23(29)16-25-17-28)14-19(3)24(30)27-12-10-21(11-13-27)15-20-8-6-5-7-9-20;1-8(2)9-6-4-3-5-7-9;1-3-2/h5-9,14,17-18,21-22H,10-13,15-16H2,1-4H3,(H,25,28);8H,3-7H2,1-2H3;3H2,1-2H3/b19-14+;;/t22-;;/m1../s1. The second-order valence-corrected chi connectivity index (χ2v) is 12.4. The Morgan fingerprint density at radius 1 is 0.976 bits per heavy atom. The topological polar surface area (TPSA) is 73.0 Å². The van der Waals surface area contributed by atoms with Crippen LogP contribution in [-0.4, -0.2) is 84.8 Å². The van der Waals surface area contributed by atoms with Crippen LogP contribution in [0.4, 0.5) is 0 Å². The third kappa shape index (κ3) is 14.0. The van der Waals surface area contributed by atoms with Crippen molar-refractivity contribution in [1.82, 2.24) is 20.0 Å². The highest BCUT2D eigenvalue weighted by atomic mass is 16.2. The molecule has 0 aliphatic carbocycles. The maximum absolute atomic E-state index is 13.0. The van der Waals surface area contributed by atoms with Crippen molar-refractivity contribution in [3.8, 4) is 0 Å². The Hall–Kier alpha value is -2.67. The molecule has 2 heterocycles. The number of rotatable bonds is 10. The fraction of sp³-hybridized carbons (Fsp3) is 0.686. The van der Waals surface area contributed by atoms with E-state index in [0.717, 1.165) is 38.4 Å². The van der Waals surface area contributed by atoms with Gasteiger partial charge in [-0.15, -0.1) is 0 Å². The summed E-state index contributed by atoms with van der Waals surface area (Å²) in [5.41, 5.74) is 2.02. The summed E-state index contributed by atoms with van der Waals surface area (Å²) in [5.74, 6) is 0.623. The average Bonchev–Trinajstić information content (AvgIpc) is 2.99. The van der Waals surface area contributed by atoms with Crippen LogP contribution in [0.5, 0.6) is 0 Å². The molecule has 3 rings (SSSR count). The highest BCUT2D eigenvalue weighted by Crippen LogP contribution is 2.23. The third-order valence-corrected chi connectivity index (χ3v) is 8.01. The smallest absolute Gasteiger partial charge is 0.249 e. The minimum atomic E-state index is -0.203. The van der Waals surface area contributed by atoms with Gasteiger partial charge in [0.2, 0.25) is 18.2 Å². The normalized spacial score (nSPS) is 17.0. The first-order valence-electron chi connectivity index (χ1n) is 16.2. The first-order chi connectivity index (χ1) is 20.0. The largest absolute Gasteiger partial charge is 0.350 e. The molecule has 42 heavy (non-hydrogen) atoms. The van der Waals surface area contributed by atoms with Crippen LogP contribution in [0.15, 0.2) is 42.0 Å². The van der Waals surface area contributed by atoms with Gasteiger partial charge in [0.05, 0.1) is 12.6 Å². The van der Waals surface area contributed by atoms with Crippen LogP contribution in [0.1, 0.15) is 92.6 Å². The second kappa shape index (κ2) is 21.1. The van der Waals surface area contributed by atoms with Gasteiger partial charge < -0.3 is 20.0 Å². The summed E-state index contributed by atoms with van der Waals surface area (Å²) in [7, 11) is 1.71. The van der Waals surface area contributed by atoms with Gasteiger partial charge in [-0.2, -0.15) is 0 Å². The Morgan fingerprint density at radius 2 is 1.55 bits per heavy atom. The van der Waals surface area contributed by atoms with E-state index in [1.807, 2.05) is 37.8 Å². The summed E-state index contributed by atoms with van der Waals surface area (Å²) in [6, 6.07) is 11.1. The lowest BCUT2D eigenvalue weighted by molar-refractivity contribution is -0.132. The van der Waals surface area contributed by atoms with Crippen molar-refractivity contribution in [1.29, 1.82) is 0 Å². The van der Waals surface area contributed by atoms with Crippen molar-refractivity contribution >= 4 is 18.2 Å². The summed E-state index contributed by atoms with van der Waals surface area (Å²) in [4.78, 5) is 41.8. The predicted octanol–water partition coefficient (Wildman–Crippen LogP) is 5.94. The first-order valence-corrected chi connectivity index (χ1v) is 16.2. The highest BCUT2D eigenvalue weighted by Gasteiger charge is 2.26. The molecular weight excluding hydrogens is 524 g/mol. The molecule has 1 N–H and O–H groups in total. The molecule has 238 valence electrons. The van der Waals surface area contributed by atoms with Gasteiger partial charge in [-0.05, 0) is 83.4 Å². The van der Waals surface area contributed by atoms with Gasteiger partial charge in [0.15, 0.2) is 0 Å². The van der Waals surface area contributed by atoms with Crippen molar-refractivity contribution in [3.63, 3.8) is 0 Å². The van der Waals surface area contributed by atoms with Crippen molar-refractivity contribution in [2.45, 2.75) is 105 Å². The summed E-state index contributed by atoms with van der Waals surface area (Å²) >= 11 is 0. The predicted molar refractivity (Wildman–Crippen MR) is 175 cm³/mol. The summed E-state index contributed by atoms with van der Waals surface area (Å²) in [6.45, 7) is 18.8. The maximum Gasteiger partial charge on any atom is 0.249 e. The number of carbonyl (C=O) groups is 3. The monoisotopic (exact) mass is 584 g/mol. The summed E-state index contributed by atoms with van der Waals surface area (Å²) in [6.07, 6.45) is 11.0. The van der Waals surface area contributed by atoms with E-state index in [4.69, 9.17) is 0 Å². The average molecular weight is 585 g/mol. The Kier molecular flexibility index (Phi) is 18.8. The number of carbonyl (C=O) groups excluding carboxylic acids is 3. The van der Waals surface area contributed by atoms with Crippen LogP contribution >= 0.6 is 0 Å². The molecule has 0 aromatic heterocycles. The lowest BCUT2D eigenvalue weighted by atomic mass is 9.90. The number of hydrogen-bond acceptors (Lipinski definition) is 4. The molecule has 0 radical (unpaired) electrons. The summed E-state index contributed by atoms with van der Waals surface area (Å²) < 4.78 is 0. The van der Waals surface area contributed by atoms with Crippen LogP contribution in [0.25, 0.3) is 0 Å². The van der Waals surface area contributed by atoms with Crippen molar-refractivity contribution in [2.24, 2.45) is 11.8 Å². The van der Waals surface area contributed by atoms with Gasteiger partial charge in [-0.3, -0.25) is 14.4 Å². The zero-order valence-electron chi connectivity index (χ0n) is 27.9. The van der Waals surface area contributed by atoms with Crippen molar-refractivity contribution < 1.29 is 14.4 Å². The van der Waals surface area contributed by atoms with Crippen molar-refractivity contribution in [3.05, 3.63) is 47.5 Å². The molecule has 2 aliphatic heterocycles. The van der Waals surface area contributed by atoms with Gasteiger partial charge >= 0.3 is 0 Å². The lowest BCUT2D eigenvalue weighted by Gasteiger charge is -2.33. The molecular formula is C35H60N4O3. The third-order valence-electron chi connectivity index (χ3n) is 8.01. The fourth-order valence-corrected chi connectivity index (χ4v) is 5.47. The van der Waals surface area contributed by atoms with E-state index < -0.39 is 0 Å². The number of likely N-dealkylation sites (tertiary alicyclic amines) is 2. The van der Waals surface area contributed by atoms with E-state index in [1.54, 1.807) is 11.9 Å². The van der Waals surface area contributed by atoms with E-state index in [-0.39, 0.29) is 30.3 Å². The maximum atomic E-state index is 13.0. The van der Waals surface area contributed by atoms with E-state index in [2.05, 4.69) is 62.2 Å².